The number of hydrogen-bond donors (Lipinski definition) is 0. The van der Waals surface area contributed by atoms with Crippen molar-refractivity contribution in [2.75, 3.05) is 0 Å². The number of rotatable bonds is 2. The molecule has 0 fully saturated rings. The minimum Gasteiger partial charge on any atom is -0.418 e. The third kappa shape index (κ3) is 4.76. The fourth-order valence-corrected chi connectivity index (χ4v) is 3.49. The molecule has 1 aliphatic rings. The quantitative estimate of drug-likeness (QED) is 0.267. The maximum atomic E-state index is 9.75. The van der Waals surface area contributed by atoms with Gasteiger partial charge in [0.05, 0.1) is 23.1 Å². The van der Waals surface area contributed by atoms with Gasteiger partial charge < -0.3 is 17.3 Å². The molecular formula is C21H19BF4O. The van der Waals surface area contributed by atoms with Gasteiger partial charge in [-0.2, -0.15) is 0 Å². The summed E-state index contributed by atoms with van der Waals surface area (Å²) in [6.07, 6.45) is 3.37. The van der Waals surface area contributed by atoms with Gasteiger partial charge in [-0.3, -0.25) is 0 Å². The SMILES string of the molecule is Cc1c(-c2ccccc2)[o+]c2c(c1-c1ccccc1)CCC2.F[B-](F)(F)F. The molecule has 0 atom stereocenters. The Morgan fingerprint density at radius 2 is 1.30 bits per heavy atom. The van der Waals surface area contributed by atoms with E-state index in [1.165, 1.54) is 34.4 Å². The zero-order chi connectivity index (χ0) is 19.4. The molecule has 1 heterocycles. The van der Waals surface area contributed by atoms with Gasteiger partial charge in [-0.25, -0.2) is 4.42 Å². The lowest BCUT2D eigenvalue weighted by Crippen LogP contribution is -2.02. The topological polar surface area (TPSA) is 11.3 Å². The predicted molar refractivity (Wildman–Crippen MR) is 101 cm³/mol. The number of halogens is 4. The van der Waals surface area contributed by atoms with E-state index in [0.717, 1.165) is 24.2 Å². The van der Waals surface area contributed by atoms with Crippen LogP contribution < -0.4 is 0 Å². The maximum absolute atomic E-state index is 9.75. The van der Waals surface area contributed by atoms with Gasteiger partial charge in [-0.05, 0) is 37.5 Å². The van der Waals surface area contributed by atoms with Gasteiger partial charge in [0.15, 0.2) is 0 Å². The van der Waals surface area contributed by atoms with E-state index in [4.69, 9.17) is 4.42 Å². The molecule has 0 aliphatic heterocycles. The lowest BCUT2D eigenvalue weighted by molar-refractivity contribution is 0.368. The maximum Gasteiger partial charge on any atom is 0.673 e. The number of aryl methyl sites for hydroxylation is 1. The molecule has 2 aromatic carbocycles. The molecule has 3 aromatic rings. The number of fused-ring (bicyclic) bond motifs is 1. The van der Waals surface area contributed by atoms with Crippen LogP contribution in [0.4, 0.5) is 17.3 Å². The summed E-state index contributed by atoms with van der Waals surface area (Å²) in [7, 11) is -6.00. The summed E-state index contributed by atoms with van der Waals surface area (Å²) in [6.45, 7) is 2.19. The standard InChI is InChI=1S/C21H19O.BF4/c1-15-20(16-9-4-2-5-10-16)18-13-8-14-19(18)22-21(15)17-11-6-3-7-12-17;2-1(3,4)5/h2-7,9-12H,8,13-14H2,1H3;/q+1;-1. The highest BCUT2D eigenvalue weighted by Crippen LogP contribution is 2.40. The highest BCUT2D eigenvalue weighted by atomic mass is 19.5. The zero-order valence-electron chi connectivity index (χ0n) is 14.9. The first-order chi connectivity index (χ1) is 12.8. The van der Waals surface area contributed by atoms with Crippen LogP contribution in [0.15, 0.2) is 65.1 Å². The third-order valence-electron chi connectivity index (χ3n) is 4.51. The summed E-state index contributed by atoms with van der Waals surface area (Å²) in [5.74, 6) is 2.18. The van der Waals surface area contributed by atoms with Crippen LogP contribution in [0, 0.1) is 6.92 Å². The molecule has 0 bridgehead atoms. The first-order valence-corrected chi connectivity index (χ1v) is 8.81. The van der Waals surface area contributed by atoms with Crippen LogP contribution in [0.5, 0.6) is 0 Å². The Morgan fingerprint density at radius 3 is 1.85 bits per heavy atom. The van der Waals surface area contributed by atoms with Crippen LogP contribution in [-0.4, -0.2) is 7.25 Å². The summed E-state index contributed by atoms with van der Waals surface area (Å²) < 4.78 is 45.3. The summed E-state index contributed by atoms with van der Waals surface area (Å²) in [5.41, 5.74) is 6.48. The highest BCUT2D eigenvalue weighted by Gasteiger charge is 2.32. The molecule has 6 heteroatoms. The van der Waals surface area contributed by atoms with Gasteiger partial charge in [0, 0.05) is 5.56 Å². The average molecular weight is 374 g/mol. The average Bonchev–Trinajstić information content (AvgIpc) is 3.09. The van der Waals surface area contributed by atoms with E-state index in [0.29, 0.717) is 0 Å². The van der Waals surface area contributed by atoms with E-state index < -0.39 is 7.25 Å². The van der Waals surface area contributed by atoms with Crippen molar-refractivity contribution in [1.82, 2.24) is 0 Å². The van der Waals surface area contributed by atoms with Crippen LogP contribution in [0.1, 0.15) is 23.3 Å². The van der Waals surface area contributed by atoms with Crippen LogP contribution in [-0.2, 0) is 12.8 Å². The van der Waals surface area contributed by atoms with Crippen molar-refractivity contribution in [2.24, 2.45) is 0 Å². The molecule has 27 heavy (non-hydrogen) atoms. The predicted octanol–water partition coefficient (Wildman–Crippen LogP) is 6.99. The van der Waals surface area contributed by atoms with Gasteiger partial charge in [-0.1, -0.05) is 48.5 Å². The second-order valence-corrected chi connectivity index (χ2v) is 6.41. The van der Waals surface area contributed by atoms with Crippen LogP contribution >= 0.6 is 0 Å². The Bertz CT molecular complexity index is 903. The number of benzene rings is 2. The van der Waals surface area contributed by atoms with E-state index in [1.807, 2.05) is 6.07 Å². The molecule has 0 saturated carbocycles. The van der Waals surface area contributed by atoms with Crippen molar-refractivity contribution in [3.05, 3.63) is 77.6 Å². The Labute approximate surface area is 155 Å². The molecule has 4 rings (SSSR count). The molecule has 0 N–H and O–H groups in total. The molecule has 0 spiro atoms. The molecule has 1 aliphatic carbocycles. The molecule has 140 valence electrons. The number of hydrogen-bond acceptors (Lipinski definition) is 0. The van der Waals surface area contributed by atoms with Crippen molar-refractivity contribution < 1.29 is 21.7 Å². The smallest absolute Gasteiger partial charge is 0.418 e. The van der Waals surface area contributed by atoms with Crippen molar-refractivity contribution in [1.29, 1.82) is 0 Å². The van der Waals surface area contributed by atoms with Gasteiger partial charge in [-0.15, -0.1) is 0 Å². The molecule has 1 aromatic heterocycles. The minimum atomic E-state index is -6.00. The van der Waals surface area contributed by atoms with Crippen molar-refractivity contribution in [3.63, 3.8) is 0 Å². The highest BCUT2D eigenvalue weighted by molar-refractivity contribution is 6.50. The summed E-state index contributed by atoms with van der Waals surface area (Å²) in [6, 6.07) is 21.1. The van der Waals surface area contributed by atoms with Crippen molar-refractivity contribution >= 4 is 7.25 Å². The Balaban J connectivity index is 0.000000376. The molecular weight excluding hydrogens is 355 g/mol. The fraction of sp³-hybridized carbons (Fsp3) is 0.190. The second kappa shape index (κ2) is 7.95. The van der Waals surface area contributed by atoms with E-state index in [1.54, 1.807) is 0 Å². The van der Waals surface area contributed by atoms with E-state index in [-0.39, 0.29) is 0 Å². The van der Waals surface area contributed by atoms with Gasteiger partial charge in [0.25, 0.3) is 0 Å². The summed E-state index contributed by atoms with van der Waals surface area (Å²) in [5, 5.41) is 0. The first-order valence-electron chi connectivity index (χ1n) is 8.81. The molecule has 0 amide bonds. The Hall–Kier alpha value is -2.63. The molecule has 0 unspecified atom stereocenters. The lowest BCUT2D eigenvalue weighted by Gasteiger charge is -2.09. The van der Waals surface area contributed by atoms with Crippen LogP contribution in [0.2, 0.25) is 0 Å². The Morgan fingerprint density at radius 1 is 0.778 bits per heavy atom. The Kier molecular flexibility index (Phi) is 5.63. The van der Waals surface area contributed by atoms with E-state index in [9.17, 15) is 17.3 Å². The molecule has 0 radical (unpaired) electrons. The fourth-order valence-electron chi connectivity index (χ4n) is 3.49. The largest absolute Gasteiger partial charge is 0.673 e. The van der Waals surface area contributed by atoms with Gasteiger partial charge in [0.1, 0.15) is 0 Å². The second-order valence-electron chi connectivity index (χ2n) is 6.41. The van der Waals surface area contributed by atoms with Crippen molar-refractivity contribution in [3.8, 4) is 22.5 Å². The normalized spacial score (nSPS) is 12.9. The summed E-state index contributed by atoms with van der Waals surface area (Å²) in [4.78, 5) is 0. The third-order valence-corrected chi connectivity index (χ3v) is 4.51. The molecule has 0 saturated heterocycles. The van der Waals surface area contributed by atoms with Gasteiger partial charge in [0.2, 0.25) is 0 Å². The van der Waals surface area contributed by atoms with Crippen LogP contribution in [0.25, 0.3) is 22.5 Å². The first kappa shape index (κ1) is 19.1. The lowest BCUT2D eigenvalue weighted by atomic mass is 9.93. The van der Waals surface area contributed by atoms with Gasteiger partial charge >= 0.3 is 18.8 Å². The van der Waals surface area contributed by atoms with E-state index in [2.05, 4.69) is 61.5 Å². The zero-order valence-corrected chi connectivity index (χ0v) is 14.9. The molecule has 1 nitrogen and oxygen atoms in total. The monoisotopic (exact) mass is 374 g/mol. The van der Waals surface area contributed by atoms with Crippen molar-refractivity contribution in [2.45, 2.75) is 26.2 Å². The van der Waals surface area contributed by atoms with E-state index >= 15 is 0 Å². The van der Waals surface area contributed by atoms with Crippen LogP contribution in [0.3, 0.4) is 0 Å². The minimum absolute atomic E-state index is 1.01. The summed E-state index contributed by atoms with van der Waals surface area (Å²) >= 11 is 0.